The molecule has 1 aliphatic rings. The highest BCUT2D eigenvalue weighted by Crippen LogP contribution is 2.13. The summed E-state index contributed by atoms with van der Waals surface area (Å²) in [6.07, 6.45) is 8.18. The number of hydrogen-bond acceptors (Lipinski definition) is 2. The van der Waals surface area contributed by atoms with E-state index in [-0.39, 0.29) is 5.92 Å². The summed E-state index contributed by atoms with van der Waals surface area (Å²) in [7, 11) is 0. The van der Waals surface area contributed by atoms with Gasteiger partial charge in [-0.3, -0.25) is 4.90 Å². The van der Waals surface area contributed by atoms with Crippen LogP contribution in [0.25, 0.3) is 0 Å². The fourth-order valence-corrected chi connectivity index (χ4v) is 1.38. The van der Waals surface area contributed by atoms with Gasteiger partial charge >= 0.3 is 0 Å². The molecule has 1 aliphatic heterocycles. The lowest BCUT2D eigenvalue weighted by Gasteiger charge is -2.27. The molecule has 0 amide bonds. The van der Waals surface area contributed by atoms with Crippen LogP contribution in [0.5, 0.6) is 0 Å². The zero-order valence-electron chi connectivity index (χ0n) is 6.62. The van der Waals surface area contributed by atoms with Crippen molar-refractivity contribution in [3.63, 3.8) is 0 Å². The highest BCUT2D eigenvalue weighted by Gasteiger charge is 2.16. The van der Waals surface area contributed by atoms with Gasteiger partial charge < -0.3 is 4.79 Å². The highest BCUT2D eigenvalue weighted by atomic mass is 16.1. The predicted molar refractivity (Wildman–Crippen MR) is 44.1 cm³/mol. The van der Waals surface area contributed by atoms with Crippen molar-refractivity contribution in [2.75, 3.05) is 19.6 Å². The molecule has 1 heterocycles. The molecule has 0 saturated carbocycles. The number of aldehydes is 1. The number of terminal acetylenes is 1. The molecule has 0 aromatic heterocycles. The lowest BCUT2D eigenvalue weighted by Crippen LogP contribution is -2.34. The molecule has 2 heteroatoms. The molecule has 0 aliphatic carbocycles. The van der Waals surface area contributed by atoms with E-state index in [2.05, 4.69) is 10.8 Å². The Bertz CT molecular complexity index is 163. The highest BCUT2D eigenvalue weighted by molar-refractivity contribution is 5.53. The first-order valence-corrected chi connectivity index (χ1v) is 3.98. The fourth-order valence-electron chi connectivity index (χ4n) is 1.38. The third-order valence-electron chi connectivity index (χ3n) is 2.14. The topological polar surface area (TPSA) is 20.3 Å². The molecule has 11 heavy (non-hydrogen) atoms. The van der Waals surface area contributed by atoms with Gasteiger partial charge in [0.25, 0.3) is 0 Å². The van der Waals surface area contributed by atoms with Crippen LogP contribution in [0.2, 0.25) is 0 Å². The Morgan fingerprint density at radius 3 is 2.64 bits per heavy atom. The second-order valence-corrected chi connectivity index (χ2v) is 2.95. The van der Waals surface area contributed by atoms with Gasteiger partial charge in [-0.15, -0.1) is 6.42 Å². The summed E-state index contributed by atoms with van der Waals surface area (Å²) in [5.41, 5.74) is 0. The first kappa shape index (κ1) is 8.29. The second kappa shape index (κ2) is 4.15. The minimum atomic E-state index is 0.282. The summed E-state index contributed by atoms with van der Waals surface area (Å²) in [5.74, 6) is 2.89. The molecule has 0 bridgehead atoms. The molecule has 1 rings (SSSR count). The molecule has 0 spiro atoms. The number of hydrogen-bond donors (Lipinski definition) is 0. The standard InChI is InChI=1S/C9H13NO/c1-2-5-10-6-3-9(8-11)4-7-10/h1,8-9H,3-7H2. The quantitative estimate of drug-likeness (QED) is 0.424. The van der Waals surface area contributed by atoms with Gasteiger partial charge in [0.15, 0.2) is 0 Å². The van der Waals surface area contributed by atoms with E-state index < -0.39 is 0 Å². The van der Waals surface area contributed by atoms with E-state index in [0.717, 1.165) is 38.8 Å². The maximum absolute atomic E-state index is 10.4. The number of piperidine rings is 1. The largest absolute Gasteiger partial charge is 0.303 e. The van der Waals surface area contributed by atoms with Crippen LogP contribution in [0.4, 0.5) is 0 Å². The van der Waals surface area contributed by atoms with Crippen LogP contribution >= 0.6 is 0 Å². The summed E-state index contributed by atoms with van der Waals surface area (Å²) in [6, 6.07) is 0. The summed E-state index contributed by atoms with van der Waals surface area (Å²) >= 11 is 0. The molecule has 2 nitrogen and oxygen atoms in total. The molecule has 0 unspecified atom stereocenters. The Hall–Kier alpha value is -0.810. The first-order valence-electron chi connectivity index (χ1n) is 3.98. The molecule has 0 aromatic carbocycles. The monoisotopic (exact) mass is 151 g/mol. The van der Waals surface area contributed by atoms with Crippen molar-refractivity contribution in [2.24, 2.45) is 5.92 Å². The number of carbonyl (C=O) groups excluding carboxylic acids is 1. The van der Waals surface area contributed by atoms with Crippen LogP contribution in [0, 0.1) is 18.3 Å². The third kappa shape index (κ3) is 2.36. The minimum absolute atomic E-state index is 0.282. The van der Waals surface area contributed by atoms with Gasteiger partial charge in [0.1, 0.15) is 6.29 Å². The molecule has 1 fully saturated rings. The summed E-state index contributed by atoms with van der Waals surface area (Å²) in [6.45, 7) is 2.69. The predicted octanol–water partition coefficient (Wildman–Crippen LogP) is 0.531. The lowest BCUT2D eigenvalue weighted by molar-refractivity contribution is -0.112. The summed E-state index contributed by atoms with van der Waals surface area (Å²) < 4.78 is 0. The van der Waals surface area contributed by atoms with Gasteiger partial charge in [-0.25, -0.2) is 0 Å². The molecular formula is C9H13NO. The van der Waals surface area contributed by atoms with Gasteiger partial charge in [0.05, 0.1) is 6.54 Å². The molecule has 0 aromatic rings. The normalized spacial score (nSPS) is 21.0. The van der Waals surface area contributed by atoms with Gasteiger partial charge in [0.2, 0.25) is 0 Å². The number of likely N-dealkylation sites (tertiary alicyclic amines) is 1. The molecule has 0 radical (unpaired) electrons. The van der Waals surface area contributed by atoms with Crippen molar-refractivity contribution in [1.82, 2.24) is 4.90 Å². The Balaban J connectivity index is 2.25. The third-order valence-corrected chi connectivity index (χ3v) is 2.14. The molecular weight excluding hydrogens is 138 g/mol. The zero-order valence-corrected chi connectivity index (χ0v) is 6.62. The Morgan fingerprint density at radius 1 is 1.55 bits per heavy atom. The maximum atomic E-state index is 10.4. The average Bonchev–Trinajstić information content (AvgIpc) is 2.07. The smallest absolute Gasteiger partial charge is 0.123 e. The fraction of sp³-hybridized carbons (Fsp3) is 0.667. The van der Waals surface area contributed by atoms with E-state index in [0.29, 0.717) is 0 Å². The van der Waals surface area contributed by atoms with E-state index in [4.69, 9.17) is 6.42 Å². The Labute approximate surface area is 67.6 Å². The van der Waals surface area contributed by atoms with Gasteiger partial charge in [0, 0.05) is 5.92 Å². The number of rotatable bonds is 2. The van der Waals surface area contributed by atoms with Crippen molar-refractivity contribution >= 4 is 6.29 Å². The van der Waals surface area contributed by atoms with Crippen molar-refractivity contribution in [2.45, 2.75) is 12.8 Å². The Morgan fingerprint density at radius 2 is 2.18 bits per heavy atom. The lowest BCUT2D eigenvalue weighted by atomic mass is 9.99. The second-order valence-electron chi connectivity index (χ2n) is 2.95. The molecule has 0 N–H and O–H groups in total. The van der Waals surface area contributed by atoms with Crippen LogP contribution in [0.15, 0.2) is 0 Å². The summed E-state index contributed by atoms with van der Waals surface area (Å²) in [5, 5.41) is 0. The van der Waals surface area contributed by atoms with Gasteiger partial charge in [-0.2, -0.15) is 0 Å². The van der Waals surface area contributed by atoms with E-state index >= 15 is 0 Å². The number of nitrogens with zero attached hydrogens (tertiary/aromatic N) is 1. The van der Waals surface area contributed by atoms with Crippen molar-refractivity contribution in [3.05, 3.63) is 0 Å². The SMILES string of the molecule is C#CCN1CCC(C=O)CC1. The molecule has 60 valence electrons. The van der Waals surface area contributed by atoms with E-state index in [1.807, 2.05) is 0 Å². The van der Waals surface area contributed by atoms with E-state index in [1.54, 1.807) is 0 Å². The zero-order chi connectivity index (χ0) is 8.10. The van der Waals surface area contributed by atoms with Crippen LogP contribution in [-0.2, 0) is 4.79 Å². The average molecular weight is 151 g/mol. The van der Waals surface area contributed by atoms with Crippen molar-refractivity contribution in [3.8, 4) is 12.3 Å². The van der Waals surface area contributed by atoms with Crippen LogP contribution < -0.4 is 0 Å². The molecule has 1 saturated heterocycles. The first-order chi connectivity index (χ1) is 5.36. The Kier molecular flexibility index (Phi) is 3.13. The van der Waals surface area contributed by atoms with Crippen molar-refractivity contribution in [1.29, 1.82) is 0 Å². The summed E-state index contributed by atoms with van der Waals surface area (Å²) in [4.78, 5) is 12.6. The molecule has 0 atom stereocenters. The minimum Gasteiger partial charge on any atom is -0.303 e. The van der Waals surface area contributed by atoms with Gasteiger partial charge in [-0.1, -0.05) is 5.92 Å². The van der Waals surface area contributed by atoms with Gasteiger partial charge in [-0.05, 0) is 25.9 Å². The van der Waals surface area contributed by atoms with E-state index in [9.17, 15) is 4.79 Å². The number of carbonyl (C=O) groups is 1. The van der Waals surface area contributed by atoms with Crippen LogP contribution in [0.1, 0.15) is 12.8 Å². The van der Waals surface area contributed by atoms with Crippen molar-refractivity contribution < 1.29 is 4.79 Å². The maximum Gasteiger partial charge on any atom is 0.123 e. The van der Waals surface area contributed by atoms with E-state index in [1.165, 1.54) is 0 Å². The van der Waals surface area contributed by atoms with Crippen LogP contribution in [-0.4, -0.2) is 30.8 Å². The van der Waals surface area contributed by atoms with Crippen LogP contribution in [0.3, 0.4) is 0 Å².